The molecular weight excluding hydrogens is 272 g/mol. The van der Waals surface area contributed by atoms with Crippen molar-refractivity contribution in [1.29, 1.82) is 0 Å². The van der Waals surface area contributed by atoms with Crippen LogP contribution in [0.5, 0.6) is 5.75 Å². The largest absolute Gasteiger partial charge is 0.497 e. The van der Waals surface area contributed by atoms with Gasteiger partial charge in [0.25, 0.3) is 0 Å². The molecule has 1 unspecified atom stereocenters. The summed E-state index contributed by atoms with van der Waals surface area (Å²) in [7, 11) is 1.55. The highest BCUT2D eigenvalue weighted by Gasteiger charge is 2.19. The molecule has 6 heteroatoms. The standard InChI is InChI=1S/C15H22N2O4/c1-10(2)7-13(15(19)20)16-9-14(18)17-11-5-4-6-12(8-11)21-3/h4-6,8,10,13,16H,7,9H2,1-3H3,(H,17,18)(H,19,20). The Balaban J connectivity index is 2.50. The van der Waals surface area contributed by atoms with E-state index in [1.807, 2.05) is 13.8 Å². The summed E-state index contributed by atoms with van der Waals surface area (Å²) in [5, 5.41) is 14.5. The van der Waals surface area contributed by atoms with Gasteiger partial charge in [-0.05, 0) is 24.5 Å². The van der Waals surface area contributed by atoms with Crippen molar-refractivity contribution < 1.29 is 19.4 Å². The molecule has 0 aromatic heterocycles. The highest BCUT2D eigenvalue weighted by Crippen LogP contribution is 2.16. The van der Waals surface area contributed by atoms with Crippen LogP contribution in [-0.4, -0.2) is 36.7 Å². The summed E-state index contributed by atoms with van der Waals surface area (Å²) in [6.45, 7) is 3.82. The number of hydrogen-bond donors (Lipinski definition) is 3. The van der Waals surface area contributed by atoms with E-state index in [-0.39, 0.29) is 18.4 Å². The van der Waals surface area contributed by atoms with Gasteiger partial charge < -0.3 is 15.2 Å². The molecule has 0 aliphatic heterocycles. The predicted octanol–water partition coefficient (Wildman–Crippen LogP) is 1.72. The Hall–Kier alpha value is -2.08. The molecule has 1 atom stereocenters. The number of ether oxygens (including phenoxy) is 1. The number of carbonyl (C=O) groups is 2. The number of aliphatic carboxylic acids is 1. The molecule has 1 amide bonds. The van der Waals surface area contributed by atoms with Gasteiger partial charge in [-0.2, -0.15) is 0 Å². The molecule has 0 radical (unpaired) electrons. The van der Waals surface area contributed by atoms with Gasteiger partial charge in [0.1, 0.15) is 11.8 Å². The van der Waals surface area contributed by atoms with Crippen molar-refractivity contribution in [2.75, 3.05) is 19.0 Å². The zero-order valence-corrected chi connectivity index (χ0v) is 12.6. The quantitative estimate of drug-likeness (QED) is 0.679. The number of amides is 1. The highest BCUT2D eigenvalue weighted by molar-refractivity contribution is 5.92. The number of carboxylic acid groups (broad SMARTS) is 1. The molecule has 0 bridgehead atoms. The fourth-order valence-electron chi connectivity index (χ4n) is 1.86. The molecule has 0 aliphatic rings. The Morgan fingerprint density at radius 3 is 2.62 bits per heavy atom. The molecule has 0 heterocycles. The van der Waals surface area contributed by atoms with E-state index < -0.39 is 12.0 Å². The third kappa shape index (κ3) is 6.27. The number of benzene rings is 1. The topological polar surface area (TPSA) is 87.7 Å². The van der Waals surface area contributed by atoms with Crippen LogP contribution in [0.3, 0.4) is 0 Å². The van der Waals surface area contributed by atoms with Crippen LogP contribution in [0.1, 0.15) is 20.3 Å². The third-order valence-electron chi connectivity index (χ3n) is 2.87. The third-order valence-corrected chi connectivity index (χ3v) is 2.87. The van der Waals surface area contributed by atoms with Gasteiger partial charge in [0.05, 0.1) is 13.7 Å². The number of nitrogens with one attached hydrogen (secondary N) is 2. The monoisotopic (exact) mass is 294 g/mol. The molecule has 1 rings (SSSR count). The van der Waals surface area contributed by atoms with Crippen LogP contribution >= 0.6 is 0 Å². The Kier molecular flexibility index (Phi) is 6.68. The smallest absolute Gasteiger partial charge is 0.320 e. The van der Waals surface area contributed by atoms with Gasteiger partial charge in [-0.3, -0.25) is 14.9 Å². The molecule has 0 fully saturated rings. The summed E-state index contributed by atoms with van der Waals surface area (Å²) < 4.78 is 5.07. The maximum atomic E-state index is 11.8. The fraction of sp³-hybridized carbons (Fsp3) is 0.467. The van der Waals surface area contributed by atoms with Crippen molar-refractivity contribution >= 4 is 17.6 Å². The minimum absolute atomic E-state index is 0.0547. The van der Waals surface area contributed by atoms with Crippen LogP contribution in [0.25, 0.3) is 0 Å². The minimum atomic E-state index is -0.946. The molecule has 0 saturated carbocycles. The lowest BCUT2D eigenvalue weighted by molar-refractivity contribution is -0.139. The summed E-state index contributed by atoms with van der Waals surface area (Å²) in [4.78, 5) is 22.9. The lowest BCUT2D eigenvalue weighted by Gasteiger charge is -2.16. The van der Waals surface area contributed by atoms with Gasteiger partial charge >= 0.3 is 5.97 Å². The first-order valence-electron chi connectivity index (χ1n) is 6.82. The van der Waals surface area contributed by atoms with E-state index >= 15 is 0 Å². The molecule has 0 saturated heterocycles. The number of anilines is 1. The Bertz CT molecular complexity index is 488. The second-order valence-electron chi connectivity index (χ2n) is 5.18. The van der Waals surface area contributed by atoms with Gasteiger partial charge in [0.2, 0.25) is 5.91 Å². The van der Waals surface area contributed by atoms with Crippen molar-refractivity contribution in [3.63, 3.8) is 0 Å². The molecule has 116 valence electrons. The first kappa shape index (κ1) is 17.0. The maximum Gasteiger partial charge on any atom is 0.320 e. The number of hydrogen-bond acceptors (Lipinski definition) is 4. The van der Waals surface area contributed by atoms with Crippen LogP contribution in [0.4, 0.5) is 5.69 Å². The maximum absolute atomic E-state index is 11.8. The van der Waals surface area contributed by atoms with Crippen molar-refractivity contribution in [3.05, 3.63) is 24.3 Å². The summed E-state index contributed by atoms with van der Waals surface area (Å²) in [5.74, 6) is -0.361. The van der Waals surface area contributed by atoms with Crippen LogP contribution in [0.2, 0.25) is 0 Å². The van der Waals surface area contributed by atoms with Gasteiger partial charge in [-0.1, -0.05) is 19.9 Å². The van der Waals surface area contributed by atoms with E-state index in [2.05, 4.69) is 10.6 Å². The molecule has 1 aromatic carbocycles. The first-order chi connectivity index (χ1) is 9.92. The zero-order chi connectivity index (χ0) is 15.8. The molecule has 0 aliphatic carbocycles. The summed E-state index contributed by atoms with van der Waals surface area (Å²) in [6, 6.07) is 6.25. The van der Waals surface area contributed by atoms with Crippen molar-refractivity contribution in [3.8, 4) is 5.75 Å². The lowest BCUT2D eigenvalue weighted by atomic mass is 10.0. The Labute approximate surface area is 124 Å². The molecular formula is C15H22N2O4. The molecule has 3 N–H and O–H groups in total. The van der Waals surface area contributed by atoms with E-state index in [9.17, 15) is 9.59 Å². The molecule has 21 heavy (non-hydrogen) atoms. The molecule has 1 aromatic rings. The van der Waals surface area contributed by atoms with Crippen LogP contribution < -0.4 is 15.4 Å². The van der Waals surface area contributed by atoms with Crippen LogP contribution in [-0.2, 0) is 9.59 Å². The number of carboxylic acids is 1. The van der Waals surface area contributed by atoms with Gasteiger partial charge in [0.15, 0.2) is 0 Å². The van der Waals surface area contributed by atoms with Gasteiger partial charge in [-0.25, -0.2) is 0 Å². The highest BCUT2D eigenvalue weighted by atomic mass is 16.5. The molecule has 6 nitrogen and oxygen atoms in total. The lowest BCUT2D eigenvalue weighted by Crippen LogP contribution is -2.42. The molecule has 0 spiro atoms. The minimum Gasteiger partial charge on any atom is -0.497 e. The summed E-state index contributed by atoms with van der Waals surface area (Å²) in [6.07, 6.45) is 0.474. The average molecular weight is 294 g/mol. The van der Waals surface area contributed by atoms with Crippen LogP contribution in [0, 0.1) is 5.92 Å². The fourth-order valence-corrected chi connectivity index (χ4v) is 1.86. The van der Waals surface area contributed by atoms with E-state index in [0.717, 1.165) is 0 Å². The predicted molar refractivity (Wildman–Crippen MR) is 80.5 cm³/mol. The van der Waals surface area contributed by atoms with Crippen molar-refractivity contribution in [1.82, 2.24) is 5.32 Å². The van der Waals surface area contributed by atoms with Gasteiger partial charge in [-0.15, -0.1) is 0 Å². The second-order valence-corrected chi connectivity index (χ2v) is 5.18. The number of methoxy groups -OCH3 is 1. The number of carbonyl (C=O) groups excluding carboxylic acids is 1. The summed E-state index contributed by atoms with van der Waals surface area (Å²) >= 11 is 0. The Morgan fingerprint density at radius 2 is 2.05 bits per heavy atom. The second kappa shape index (κ2) is 8.26. The van der Waals surface area contributed by atoms with E-state index in [1.165, 1.54) is 0 Å². The normalized spacial score (nSPS) is 12.0. The van der Waals surface area contributed by atoms with Crippen molar-refractivity contribution in [2.24, 2.45) is 5.92 Å². The SMILES string of the molecule is COc1cccc(NC(=O)CNC(CC(C)C)C(=O)O)c1. The first-order valence-corrected chi connectivity index (χ1v) is 6.82. The van der Waals surface area contributed by atoms with E-state index in [0.29, 0.717) is 17.9 Å². The summed E-state index contributed by atoms with van der Waals surface area (Å²) in [5.41, 5.74) is 0.608. The Morgan fingerprint density at radius 1 is 1.33 bits per heavy atom. The average Bonchev–Trinajstić information content (AvgIpc) is 2.43. The van der Waals surface area contributed by atoms with E-state index in [4.69, 9.17) is 9.84 Å². The zero-order valence-electron chi connectivity index (χ0n) is 12.6. The van der Waals surface area contributed by atoms with Crippen molar-refractivity contribution in [2.45, 2.75) is 26.3 Å². The van der Waals surface area contributed by atoms with E-state index in [1.54, 1.807) is 31.4 Å². The van der Waals surface area contributed by atoms with Gasteiger partial charge in [0, 0.05) is 11.8 Å². The van der Waals surface area contributed by atoms with Crippen LogP contribution in [0.15, 0.2) is 24.3 Å². The number of rotatable bonds is 8.